The van der Waals surface area contributed by atoms with E-state index in [2.05, 4.69) is 10.3 Å². The molecule has 2 unspecified atom stereocenters. The number of carbonyl (C=O) groups excluding carboxylic acids is 2. The maximum Gasteiger partial charge on any atom is 0.416 e. The highest BCUT2D eigenvalue weighted by Gasteiger charge is 2.55. The molecule has 156 valence electrons. The van der Waals surface area contributed by atoms with Gasteiger partial charge < -0.3 is 9.47 Å². The van der Waals surface area contributed by atoms with E-state index in [-0.39, 0.29) is 11.4 Å². The minimum absolute atomic E-state index is 0.00676. The van der Waals surface area contributed by atoms with Crippen molar-refractivity contribution in [3.8, 4) is 11.5 Å². The van der Waals surface area contributed by atoms with Gasteiger partial charge in [0.2, 0.25) is 0 Å². The van der Waals surface area contributed by atoms with Crippen LogP contribution >= 0.6 is 0 Å². The van der Waals surface area contributed by atoms with E-state index in [0.717, 1.165) is 22.0 Å². The molecule has 0 radical (unpaired) electrons. The zero-order valence-corrected chi connectivity index (χ0v) is 15.8. The van der Waals surface area contributed by atoms with Gasteiger partial charge in [0, 0.05) is 18.2 Å². The first kappa shape index (κ1) is 19.7. The third-order valence-electron chi connectivity index (χ3n) is 4.81. The Kier molecular flexibility index (Phi) is 4.60. The van der Waals surface area contributed by atoms with Crippen LogP contribution in [-0.4, -0.2) is 38.1 Å². The Morgan fingerprint density at radius 3 is 2.20 bits per heavy atom. The molecule has 2 aromatic rings. The van der Waals surface area contributed by atoms with Crippen LogP contribution in [0.1, 0.15) is 5.56 Å². The molecule has 2 atom stereocenters. The van der Waals surface area contributed by atoms with Gasteiger partial charge in [0.1, 0.15) is 11.5 Å². The number of anilines is 2. The second-order valence-electron chi connectivity index (χ2n) is 6.57. The molecule has 4 rings (SSSR count). The first-order valence-electron chi connectivity index (χ1n) is 8.72. The largest absolute Gasteiger partial charge is 0.497 e. The van der Waals surface area contributed by atoms with E-state index >= 15 is 0 Å². The van der Waals surface area contributed by atoms with Crippen molar-refractivity contribution in [3.63, 3.8) is 0 Å². The van der Waals surface area contributed by atoms with Crippen molar-refractivity contribution in [2.75, 3.05) is 24.1 Å². The molecule has 1 saturated heterocycles. The van der Waals surface area contributed by atoms with E-state index in [1.54, 1.807) is 6.07 Å². The third kappa shape index (κ3) is 3.11. The number of carbonyl (C=O) groups is 2. The maximum absolute atomic E-state index is 13.1. The molecule has 2 amide bonds. The molecule has 0 spiro atoms. The van der Waals surface area contributed by atoms with Gasteiger partial charge >= 0.3 is 6.18 Å². The number of fused-ring (bicyclic) bond motifs is 1. The number of methoxy groups -OCH3 is 2. The predicted molar refractivity (Wildman–Crippen MR) is 98.4 cm³/mol. The fourth-order valence-corrected chi connectivity index (χ4v) is 3.37. The molecule has 8 nitrogen and oxygen atoms in total. The summed E-state index contributed by atoms with van der Waals surface area (Å²) in [6.45, 7) is 0. The average Bonchev–Trinajstić information content (AvgIpc) is 3.27. The van der Waals surface area contributed by atoms with Crippen LogP contribution in [0.3, 0.4) is 0 Å². The highest BCUT2D eigenvalue weighted by atomic mass is 19.4. The summed E-state index contributed by atoms with van der Waals surface area (Å²) in [5.41, 5.74) is -0.688. The molecule has 0 saturated carbocycles. The zero-order valence-electron chi connectivity index (χ0n) is 15.8. The quantitative estimate of drug-likeness (QED) is 0.710. The van der Waals surface area contributed by atoms with Crippen LogP contribution in [0.5, 0.6) is 11.5 Å². The van der Waals surface area contributed by atoms with Crippen LogP contribution in [0.15, 0.2) is 52.8 Å². The number of halogens is 3. The SMILES string of the molecule is COc1cc(OC)cc(N2C(=O)C3N=NN(c4cccc(C(F)(F)F)c4)C3C2=O)c1. The van der Waals surface area contributed by atoms with E-state index in [4.69, 9.17) is 9.47 Å². The number of hydrogen-bond acceptors (Lipinski definition) is 7. The van der Waals surface area contributed by atoms with Gasteiger partial charge in [0.05, 0.1) is 31.2 Å². The van der Waals surface area contributed by atoms with Crippen molar-refractivity contribution in [2.45, 2.75) is 18.3 Å². The first-order valence-corrected chi connectivity index (χ1v) is 8.72. The summed E-state index contributed by atoms with van der Waals surface area (Å²) in [5, 5.41) is 8.66. The Bertz CT molecular complexity index is 1030. The summed E-state index contributed by atoms with van der Waals surface area (Å²) in [6.07, 6.45) is -4.56. The number of hydrogen-bond donors (Lipinski definition) is 0. The second-order valence-corrected chi connectivity index (χ2v) is 6.57. The van der Waals surface area contributed by atoms with E-state index in [1.165, 1.54) is 38.5 Å². The van der Waals surface area contributed by atoms with Crippen LogP contribution in [-0.2, 0) is 15.8 Å². The van der Waals surface area contributed by atoms with Crippen LogP contribution in [0, 0.1) is 0 Å². The summed E-state index contributed by atoms with van der Waals surface area (Å²) in [6, 6.07) is 6.52. The van der Waals surface area contributed by atoms with Gasteiger partial charge in [0.15, 0.2) is 12.1 Å². The van der Waals surface area contributed by atoms with Crippen LogP contribution < -0.4 is 19.4 Å². The van der Waals surface area contributed by atoms with Gasteiger partial charge in [-0.3, -0.25) is 9.59 Å². The molecule has 0 N–H and O–H groups in total. The minimum atomic E-state index is -4.56. The second kappa shape index (κ2) is 7.01. The van der Waals surface area contributed by atoms with Crippen LogP contribution in [0.2, 0.25) is 0 Å². The molecular weight excluding hydrogens is 405 g/mol. The van der Waals surface area contributed by atoms with E-state index in [1.807, 2.05) is 0 Å². The summed E-state index contributed by atoms with van der Waals surface area (Å²) in [7, 11) is 2.84. The van der Waals surface area contributed by atoms with Crippen molar-refractivity contribution >= 4 is 23.2 Å². The van der Waals surface area contributed by atoms with Crippen molar-refractivity contribution < 1.29 is 32.2 Å². The normalized spacial score (nSPS) is 20.7. The van der Waals surface area contributed by atoms with Crippen molar-refractivity contribution in [1.82, 2.24) is 0 Å². The summed E-state index contributed by atoms with van der Waals surface area (Å²) >= 11 is 0. The van der Waals surface area contributed by atoms with Gasteiger partial charge in [-0.2, -0.15) is 18.3 Å². The van der Waals surface area contributed by atoms with Gasteiger partial charge in [-0.1, -0.05) is 11.3 Å². The summed E-state index contributed by atoms with van der Waals surface area (Å²) in [4.78, 5) is 26.9. The Hall–Kier alpha value is -3.63. The fourth-order valence-electron chi connectivity index (χ4n) is 3.37. The van der Waals surface area contributed by atoms with Crippen LogP contribution in [0.4, 0.5) is 24.5 Å². The van der Waals surface area contributed by atoms with E-state index in [9.17, 15) is 22.8 Å². The summed E-state index contributed by atoms with van der Waals surface area (Å²) < 4.78 is 49.5. The topological polar surface area (TPSA) is 83.8 Å². The maximum atomic E-state index is 13.1. The van der Waals surface area contributed by atoms with Gasteiger partial charge in [-0.15, -0.1) is 0 Å². The Morgan fingerprint density at radius 1 is 0.933 bits per heavy atom. The van der Waals surface area contributed by atoms with Crippen LogP contribution in [0.25, 0.3) is 0 Å². The Morgan fingerprint density at radius 2 is 1.60 bits per heavy atom. The Balaban J connectivity index is 1.70. The molecular formula is C19H15F3N4O4. The molecule has 0 aliphatic carbocycles. The molecule has 2 heterocycles. The van der Waals surface area contributed by atoms with Crippen molar-refractivity contribution in [2.24, 2.45) is 10.3 Å². The minimum Gasteiger partial charge on any atom is -0.497 e. The van der Waals surface area contributed by atoms with Crippen molar-refractivity contribution in [3.05, 3.63) is 48.0 Å². The molecule has 0 bridgehead atoms. The molecule has 11 heteroatoms. The highest BCUT2D eigenvalue weighted by molar-refractivity contribution is 6.26. The third-order valence-corrected chi connectivity index (χ3v) is 4.81. The highest BCUT2D eigenvalue weighted by Crippen LogP contribution is 2.39. The lowest BCUT2D eigenvalue weighted by atomic mass is 10.1. The number of amides is 2. The Labute approximate surface area is 168 Å². The monoisotopic (exact) mass is 420 g/mol. The number of benzene rings is 2. The number of alkyl halides is 3. The van der Waals surface area contributed by atoms with Gasteiger partial charge in [-0.05, 0) is 18.2 Å². The molecule has 2 aliphatic rings. The molecule has 2 aliphatic heterocycles. The fraction of sp³-hybridized carbons (Fsp3) is 0.263. The molecule has 2 aromatic carbocycles. The predicted octanol–water partition coefficient (Wildman–Crippen LogP) is 3.22. The number of rotatable bonds is 4. The number of nitrogens with zero attached hydrogens (tertiary/aromatic N) is 4. The molecule has 0 aromatic heterocycles. The number of imide groups is 1. The smallest absolute Gasteiger partial charge is 0.416 e. The molecule has 1 fully saturated rings. The van der Waals surface area contributed by atoms with E-state index in [0.29, 0.717) is 11.5 Å². The summed E-state index contributed by atoms with van der Waals surface area (Å²) in [5.74, 6) is -0.585. The average molecular weight is 420 g/mol. The first-order chi connectivity index (χ1) is 14.2. The standard InChI is InChI=1S/C19H15F3N4O4/c1-29-13-7-12(8-14(9-13)30-2)25-17(27)15-16(18(25)28)26(24-23-15)11-5-3-4-10(6-11)19(20,21)22/h3-9,15-16H,1-2H3. The van der Waals surface area contributed by atoms with Gasteiger partial charge in [-0.25, -0.2) is 9.91 Å². The zero-order chi connectivity index (χ0) is 21.6. The lowest BCUT2D eigenvalue weighted by Gasteiger charge is -2.21. The van der Waals surface area contributed by atoms with Crippen molar-refractivity contribution in [1.29, 1.82) is 0 Å². The molecule has 30 heavy (non-hydrogen) atoms. The van der Waals surface area contributed by atoms with E-state index < -0.39 is 35.6 Å². The lowest BCUT2D eigenvalue weighted by molar-refractivity contribution is -0.137. The number of ether oxygens (including phenoxy) is 2. The van der Waals surface area contributed by atoms with Gasteiger partial charge in [0.25, 0.3) is 11.8 Å². The lowest BCUT2D eigenvalue weighted by Crippen LogP contribution is -2.40.